The number of amides is 1. The van der Waals surface area contributed by atoms with Gasteiger partial charge in [-0.1, -0.05) is 12.1 Å². The summed E-state index contributed by atoms with van der Waals surface area (Å²) in [4.78, 5) is 26.0. The van der Waals surface area contributed by atoms with E-state index in [2.05, 4.69) is 32.1 Å². The average Bonchev–Trinajstić information content (AvgIpc) is 3.23. The summed E-state index contributed by atoms with van der Waals surface area (Å²) >= 11 is 0. The van der Waals surface area contributed by atoms with Crippen LogP contribution in [0.1, 0.15) is 28.9 Å². The highest BCUT2D eigenvalue weighted by Crippen LogP contribution is 2.17. The number of nitriles is 1. The lowest BCUT2D eigenvalue weighted by atomic mass is 10.1. The molecule has 34 heavy (non-hydrogen) atoms. The Labute approximate surface area is 191 Å². The predicted octanol–water partition coefficient (Wildman–Crippen LogP) is 2.65. The number of rotatable bonds is 4. The molecule has 0 radical (unpaired) electrons. The van der Waals surface area contributed by atoms with Gasteiger partial charge in [-0.15, -0.1) is 5.10 Å². The second-order valence-electron chi connectivity index (χ2n) is 7.24. The summed E-state index contributed by atoms with van der Waals surface area (Å²) in [5, 5.41) is 30.2. The molecule has 1 atom stereocenters. The number of hydrogen-bond donors (Lipinski definition) is 4. The van der Waals surface area contributed by atoms with Crippen LogP contribution in [0.3, 0.4) is 0 Å². The van der Waals surface area contributed by atoms with Gasteiger partial charge in [-0.2, -0.15) is 18.4 Å². The van der Waals surface area contributed by atoms with Crippen molar-refractivity contribution in [2.45, 2.75) is 25.1 Å². The van der Waals surface area contributed by atoms with Crippen LogP contribution in [0.4, 0.5) is 24.8 Å². The number of benzene rings is 1. The van der Waals surface area contributed by atoms with Gasteiger partial charge in [-0.05, 0) is 43.7 Å². The topological polar surface area (TPSA) is 144 Å². The molecule has 1 fully saturated rings. The third kappa shape index (κ3) is 6.20. The first-order chi connectivity index (χ1) is 16.2. The molecule has 3 aromatic rings. The molecule has 1 amide bonds. The number of carbonyl (C=O) groups is 2. The van der Waals surface area contributed by atoms with Gasteiger partial charge < -0.3 is 21.1 Å². The first-order valence-electron chi connectivity index (χ1n) is 10.1. The Morgan fingerprint density at radius 3 is 2.62 bits per heavy atom. The van der Waals surface area contributed by atoms with Gasteiger partial charge in [0, 0.05) is 12.6 Å². The van der Waals surface area contributed by atoms with E-state index in [4.69, 9.17) is 9.90 Å². The summed E-state index contributed by atoms with van der Waals surface area (Å²) < 4.78 is 33.3. The van der Waals surface area contributed by atoms with Crippen molar-refractivity contribution in [1.82, 2.24) is 19.9 Å². The highest BCUT2D eigenvalue weighted by Gasteiger charge is 2.38. The molecule has 1 aromatic carbocycles. The van der Waals surface area contributed by atoms with E-state index in [1.807, 2.05) is 0 Å². The number of aliphatic carboxylic acids is 1. The normalized spacial score (nSPS) is 15.5. The molecule has 178 valence electrons. The predicted molar refractivity (Wildman–Crippen MR) is 115 cm³/mol. The van der Waals surface area contributed by atoms with Crippen LogP contribution in [0, 0.1) is 11.3 Å². The Kier molecular flexibility index (Phi) is 7.64. The monoisotopic (exact) mass is 475 g/mol. The first kappa shape index (κ1) is 24.5. The van der Waals surface area contributed by atoms with Gasteiger partial charge in [-0.3, -0.25) is 4.79 Å². The second-order valence-corrected chi connectivity index (χ2v) is 7.24. The summed E-state index contributed by atoms with van der Waals surface area (Å²) in [7, 11) is 0. The number of aromatic nitrogens is 3. The number of anilines is 2. The Morgan fingerprint density at radius 2 is 1.97 bits per heavy atom. The fourth-order valence-corrected chi connectivity index (χ4v) is 3.17. The number of hydrogen-bond acceptors (Lipinski definition) is 7. The zero-order valence-corrected chi connectivity index (χ0v) is 17.6. The minimum absolute atomic E-state index is 0.270. The van der Waals surface area contributed by atoms with Gasteiger partial charge in [0.1, 0.15) is 11.8 Å². The van der Waals surface area contributed by atoms with Gasteiger partial charge in [0.05, 0.1) is 23.0 Å². The molecule has 2 aromatic heterocycles. The molecular formula is C21H20F3N7O3. The van der Waals surface area contributed by atoms with Crippen molar-refractivity contribution in [2.24, 2.45) is 0 Å². The number of fused-ring (bicyclic) bond motifs is 1. The van der Waals surface area contributed by atoms with Crippen LogP contribution < -0.4 is 16.0 Å². The van der Waals surface area contributed by atoms with Crippen LogP contribution in [0.2, 0.25) is 0 Å². The Balaban J connectivity index is 0.000000406. The molecular weight excluding hydrogens is 455 g/mol. The van der Waals surface area contributed by atoms with Crippen molar-refractivity contribution < 1.29 is 27.9 Å². The molecule has 0 saturated carbocycles. The van der Waals surface area contributed by atoms with E-state index in [9.17, 15) is 23.2 Å². The molecule has 0 spiro atoms. The molecule has 0 aliphatic carbocycles. The van der Waals surface area contributed by atoms with Crippen LogP contribution in [0.5, 0.6) is 0 Å². The zero-order valence-electron chi connectivity index (χ0n) is 17.6. The third-order valence-corrected chi connectivity index (χ3v) is 4.80. The van der Waals surface area contributed by atoms with E-state index in [-0.39, 0.29) is 11.9 Å². The number of para-hydroxylation sites is 1. The van der Waals surface area contributed by atoms with Crippen molar-refractivity contribution in [3.63, 3.8) is 0 Å². The zero-order chi connectivity index (χ0) is 24.7. The van der Waals surface area contributed by atoms with Gasteiger partial charge in [0.15, 0.2) is 0 Å². The molecule has 1 aliphatic heterocycles. The van der Waals surface area contributed by atoms with Crippen LogP contribution >= 0.6 is 0 Å². The number of nitrogens with one attached hydrogen (secondary N) is 3. The van der Waals surface area contributed by atoms with Crippen molar-refractivity contribution in [3.8, 4) is 6.07 Å². The number of carboxylic acids is 1. The van der Waals surface area contributed by atoms with E-state index < -0.39 is 12.1 Å². The van der Waals surface area contributed by atoms with Crippen LogP contribution in [0.25, 0.3) is 5.52 Å². The molecule has 10 nitrogen and oxygen atoms in total. The maximum atomic E-state index is 12.7. The summed E-state index contributed by atoms with van der Waals surface area (Å²) in [6.07, 6.45) is -1.24. The number of alkyl halides is 3. The molecule has 1 aliphatic rings. The molecule has 0 unspecified atom stereocenters. The third-order valence-electron chi connectivity index (χ3n) is 4.80. The summed E-state index contributed by atoms with van der Waals surface area (Å²) in [6.45, 7) is 1.90. The largest absolute Gasteiger partial charge is 0.490 e. The number of halogens is 3. The standard InChI is InChI=1S/C19H19N7O.C2HF3O2/c20-10-13-4-1-2-6-16(13)24-18(27)17-8-7-15-12-22-19(25-26(15)17)23-14-5-3-9-21-11-14;3-2(4,5)1(6)7/h1-2,4,6-8,12,14,21H,3,5,9,11H2,(H,23,25)(H,24,27);(H,6,7)/t14-;/m1./s1. The Morgan fingerprint density at radius 1 is 1.24 bits per heavy atom. The minimum atomic E-state index is -5.08. The highest BCUT2D eigenvalue weighted by molar-refractivity contribution is 6.04. The molecule has 1 saturated heterocycles. The quantitative estimate of drug-likeness (QED) is 0.451. The van der Waals surface area contributed by atoms with E-state index in [0.29, 0.717) is 22.9 Å². The van der Waals surface area contributed by atoms with Gasteiger partial charge >= 0.3 is 12.1 Å². The summed E-state index contributed by atoms with van der Waals surface area (Å²) in [5.41, 5.74) is 1.99. The number of nitrogens with zero attached hydrogens (tertiary/aromatic N) is 4. The van der Waals surface area contributed by atoms with E-state index in [1.54, 1.807) is 47.1 Å². The molecule has 4 rings (SSSR count). The average molecular weight is 475 g/mol. The van der Waals surface area contributed by atoms with Crippen LogP contribution in [-0.4, -0.2) is 56.9 Å². The SMILES string of the molecule is N#Cc1ccccc1NC(=O)c1ccc2cnc(N[C@@H]3CCCNC3)nn12.O=C(O)C(F)(F)F. The van der Waals surface area contributed by atoms with Crippen molar-refractivity contribution in [2.75, 3.05) is 23.7 Å². The molecule has 0 bridgehead atoms. The van der Waals surface area contributed by atoms with Gasteiger partial charge in [0.2, 0.25) is 5.95 Å². The summed E-state index contributed by atoms with van der Waals surface area (Å²) in [6, 6.07) is 12.7. The molecule has 13 heteroatoms. The highest BCUT2D eigenvalue weighted by atomic mass is 19.4. The van der Waals surface area contributed by atoms with E-state index >= 15 is 0 Å². The fourth-order valence-electron chi connectivity index (χ4n) is 3.17. The van der Waals surface area contributed by atoms with Crippen LogP contribution in [-0.2, 0) is 4.79 Å². The Hall–Kier alpha value is -4.18. The smallest absolute Gasteiger partial charge is 0.475 e. The summed E-state index contributed by atoms with van der Waals surface area (Å²) in [5.74, 6) is -2.60. The minimum Gasteiger partial charge on any atom is -0.475 e. The number of carbonyl (C=O) groups excluding carboxylic acids is 1. The van der Waals surface area contributed by atoms with Crippen molar-refractivity contribution in [3.05, 3.63) is 53.9 Å². The van der Waals surface area contributed by atoms with Gasteiger partial charge in [0.25, 0.3) is 5.91 Å². The lowest BCUT2D eigenvalue weighted by Gasteiger charge is -2.23. The maximum Gasteiger partial charge on any atom is 0.490 e. The second kappa shape index (κ2) is 10.6. The van der Waals surface area contributed by atoms with Gasteiger partial charge in [-0.25, -0.2) is 14.3 Å². The van der Waals surface area contributed by atoms with Crippen molar-refractivity contribution >= 4 is 29.0 Å². The van der Waals surface area contributed by atoms with Crippen LogP contribution in [0.15, 0.2) is 42.6 Å². The lowest BCUT2D eigenvalue weighted by Crippen LogP contribution is -2.39. The number of carboxylic acid groups (broad SMARTS) is 1. The maximum absolute atomic E-state index is 12.7. The van der Waals surface area contributed by atoms with E-state index in [1.165, 1.54) is 0 Å². The first-order valence-corrected chi connectivity index (χ1v) is 10.1. The fraction of sp³-hybridized carbons (Fsp3) is 0.286. The Bertz CT molecular complexity index is 1210. The lowest BCUT2D eigenvalue weighted by molar-refractivity contribution is -0.192. The molecule has 3 heterocycles. The molecule has 4 N–H and O–H groups in total. The van der Waals surface area contributed by atoms with E-state index in [0.717, 1.165) is 31.4 Å². The van der Waals surface area contributed by atoms with Crippen molar-refractivity contribution in [1.29, 1.82) is 5.26 Å². The number of piperidine rings is 1.